The molecule has 1 spiro atoms. The average Bonchev–Trinajstić information content (AvgIpc) is 2.60. The molecular formula is C20H30O4. The molecule has 7 atom stereocenters. The van der Waals surface area contributed by atoms with Crippen LogP contribution in [-0.4, -0.2) is 40.4 Å². The van der Waals surface area contributed by atoms with Crippen molar-refractivity contribution in [1.82, 2.24) is 0 Å². The van der Waals surface area contributed by atoms with E-state index in [4.69, 9.17) is 0 Å². The molecule has 4 heteroatoms. The smallest absolute Gasteiger partial charge is 0.167 e. The molecule has 4 unspecified atom stereocenters. The van der Waals surface area contributed by atoms with Gasteiger partial charge in [-0.3, -0.25) is 4.79 Å². The average molecular weight is 334 g/mol. The number of fused-ring (bicyclic) bond motifs is 3. The number of carbonyl (C=O) groups excluding carboxylic acids is 1. The molecule has 4 nitrogen and oxygen atoms in total. The van der Waals surface area contributed by atoms with Crippen molar-refractivity contribution < 1.29 is 20.1 Å². The van der Waals surface area contributed by atoms with Crippen LogP contribution in [0.1, 0.15) is 51.9 Å². The first-order chi connectivity index (χ1) is 11.4. The first-order valence-electron chi connectivity index (χ1n) is 9.49. The van der Waals surface area contributed by atoms with Gasteiger partial charge < -0.3 is 15.3 Å². The third kappa shape index (κ3) is 1.72. The molecule has 0 saturated heterocycles. The summed E-state index contributed by atoms with van der Waals surface area (Å²) in [6.45, 7) is 6.26. The van der Waals surface area contributed by atoms with E-state index >= 15 is 0 Å². The van der Waals surface area contributed by atoms with Crippen molar-refractivity contribution in [3.8, 4) is 0 Å². The van der Waals surface area contributed by atoms with Crippen molar-refractivity contribution in [2.45, 2.75) is 58.0 Å². The molecule has 5 aliphatic carbocycles. The third-order valence-electron chi connectivity index (χ3n) is 8.58. The summed E-state index contributed by atoms with van der Waals surface area (Å²) in [5.41, 5.74) is -0.660. The molecule has 0 aromatic heterocycles. The Morgan fingerprint density at radius 2 is 1.88 bits per heavy atom. The largest absolute Gasteiger partial charge is 0.396 e. The summed E-state index contributed by atoms with van der Waals surface area (Å²) in [5.74, 6) is 0.359. The Labute approximate surface area is 144 Å². The van der Waals surface area contributed by atoms with Crippen LogP contribution in [0, 0.1) is 34.0 Å². The number of hydrogen-bond acceptors (Lipinski definition) is 4. The summed E-state index contributed by atoms with van der Waals surface area (Å²) in [6, 6.07) is 0. The van der Waals surface area contributed by atoms with Crippen LogP contribution >= 0.6 is 0 Å². The third-order valence-corrected chi connectivity index (χ3v) is 8.58. The fourth-order valence-electron chi connectivity index (χ4n) is 7.29. The Morgan fingerprint density at radius 3 is 2.54 bits per heavy atom. The normalized spacial score (nSPS) is 53.7. The lowest BCUT2D eigenvalue weighted by molar-refractivity contribution is -0.233. The number of rotatable bonds is 2. The molecule has 3 N–H and O–H groups in total. The van der Waals surface area contributed by atoms with Crippen molar-refractivity contribution in [2.75, 3.05) is 13.2 Å². The van der Waals surface area contributed by atoms with Gasteiger partial charge in [-0.1, -0.05) is 19.9 Å². The molecule has 0 radical (unpaired) electrons. The summed E-state index contributed by atoms with van der Waals surface area (Å²) in [5, 5.41) is 31.7. The number of ketones is 1. The molecule has 2 bridgehead atoms. The van der Waals surface area contributed by atoms with Crippen molar-refractivity contribution in [3.63, 3.8) is 0 Å². The fraction of sp³-hybridized carbons (Fsp3) is 0.850. The van der Waals surface area contributed by atoms with E-state index in [9.17, 15) is 20.1 Å². The number of allylic oxidation sites excluding steroid dienone is 1. The summed E-state index contributed by atoms with van der Waals surface area (Å²) in [4.78, 5) is 13.1. The molecule has 5 fully saturated rings. The van der Waals surface area contributed by atoms with E-state index in [1.165, 1.54) is 0 Å². The summed E-state index contributed by atoms with van der Waals surface area (Å²) < 4.78 is 0. The maximum Gasteiger partial charge on any atom is 0.167 e. The standard InChI is InChI=1S/C20H30O4/c1-12-13-4-7-20(17(12)24)15(8-13)19(11-22)6-3-5-18(2,10-21)14(19)9-16(20)23/h13-16,21-23H,1,3-11H2,2H3/t13-,14?,15?,16+,18?,19-,20?/m0/s1. The highest BCUT2D eigenvalue weighted by Crippen LogP contribution is 2.70. The van der Waals surface area contributed by atoms with E-state index < -0.39 is 11.5 Å². The molecule has 5 rings (SSSR count). The van der Waals surface area contributed by atoms with Crippen LogP contribution in [0.3, 0.4) is 0 Å². The monoisotopic (exact) mass is 334 g/mol. The quantitative estimate of drug-likeness (QED) is 0.676. The summed E-state index contributed by atoms with van der Waals surface area (Å²) in [6.07, 6.45) is 5.14. The molecule has 134 valence electrons. The van der Waals surface area contributed by atoms with Gasteiger partial charge in [0.2, 0.25) is 0 Å². The van der Waals surface area contributed by atoms with E-state index in [0.717, 1.165) is 38.5 Å². The lowest BCUT2D eigenvalue weighted by Gasteiger charge is -2.68. The topological polar surface area (TPSA) is 77.8 Å². The zero-order chi connectivity index (χ0) is 17.3. The SMILES string of the molecule is C=C1C(=O)C23CC[C@H]1CC2[C@]1(CO)CCCC(C)(CO)C1C[C@H]3O. The van der Waals surface area contributed by atoms with E-state index in [1.54, 1.807) is 0 Å². The molecule has 0 aromatic rings. The van der Waals surface area contributed by atoms with E-state index in [-0.39, 0.29) is 47.6 Å². The van der Waals surface area contributed by atoms with Crippen LogP contribution in [0.4, 0.5) is 0 Å². The zero-order valence-corrected chi connectivity index (χ0v) is 14.6. The first kappa shape index (κ1) is 16.7. The van der Waals surface area contributed by atoms with Crippen LogP contribution in [0.5, 0.6) is 0 Å². The van der Waals surface area contributed by atoms with Gasteiger partial charge in [-0.2, -0.15) is 0 Å². The van der Waals surface area contributed by atoms with Crippen LogP contribution in [0.15, 0.2) is 12.2 Å². The second-order valence-electron chi connectivity index (χ2n) is 9.28. The van der Waals surface area contributed by atoms with E-state index in [1.807, 2.05) is 0 Å². The molecule has 0 aliphatic heterocycles. The first-order valence-corrected chi connectivity index (χ1v) is 9.49. The lowest BCUT2D eigenvalue weighted by atomic mass is 9.35. The van der Waals surface area contributed by atoms with Gasteiger partial charge in [-0.15, -0.1) is 0 Å². The Bertz CT molecular complexity index is 586. The zero-order valence-electron chi connectivity index (χ0n) is 14.6. The van der Waals surface area contributed by atoms with Crippen molar-refractivity contribution in [2.24, 2.45) is 34.0 Å². The van der Waals surface area contributed by atoms with Gasteiger partial charge in [0.05, 0.1) is 11.5 Å². The van der Waals surface area contributed by atoms with Crippen molar-refractivity contribution in [3.05, 3.63) is 12.2 Å². The van der Waals surface area contributed by atoms with Crippen molar-refractivity contribution in [1.29, 1.82) is 0 Å². The molecular weight excluding hydrogens is 304 g/mol. The Kier molecular flexibility index (Phi) is 3.59. The highest BCUT2D eigenvalue weighted by molar-refractivity contribution is 6.02. The minimum absolute atomic E-state index is 0.0201. The minimum atomic E-state index is -0.737. The lowest BCUT2D eigenvalue weighted by Crippen LogP contribution is -2.69. The van der Waals surface area contributed by atoms with Gasteiger partial charge in [0, 0.05) is 18.6 Å². The van der Waals surface area contributed by atoms with Gasteiger partial charge in [0.1, 0.15) is 0 Å². The predicted octanol–water partition coefficient (Wildman–Crippen LogP) is 2.07. The molecule has 0 heterocycles. The molecule has 24 heavy (non-hydrogen) atoms. The van der Waals surface area contributed by atoms with Crippen molar-refractivity contribution >= 4 is 5.78 Å². The van der Waals surface area contributed by atoms with Gasteiger partial charge in [-0.25, -0.2) is 0 Å². The second kappa shape index (κ2) is 5.15. The Morgan fingerprint density at radius 1 is 1.12 bits per heavy atom. The van der Waals surface area contributed by atoms with Crippen LogP contribution in [0.25, 0.3) is 0 Å². The minimum Gasteiger partial charge on any atom is -0.396 e. The Balaban J connectivity index is 1.86. The summed E-state index contributed by atoms with van der Waals surface area (Å²) in [7, 11) is 0. The van der Waals surface area contributed by atoms with Gasteiger partial charge in [0.15, 0.2) is 5.78 Å². The maximum atomic E-state index is 13.1. The number of carbonyl (C=O) groups is 1. The molecule has 0 amide bonds. The van der Waals surface area contributed by atoms with Crippen LogP contribution in [-0.2, 0) is 4.79 Å². The second-order valence-corrected chi connectivity index (χ2v) is 9.28. The molecule has 0 aromatic carbocycles. The van der Waals surface area contributed by atoms with Gasteiger partial charge >= 0.3 is 0 Å². The highest BCUT2D eigenvalue weighted by Gasteiger charge is 2.71. The van der Waals surface area contributed by atoms with Gasteiger partial charge in [-0.05, 0) is 67.3 Å². The number of aliphatic hydroxyl groups is 3. The highest BCUT2D eigenvalue weighted by atomic mass is 16.3. The van der Waals surface area contributed by atoms with E-state index in [0.29, 0.717) is 12.0 Å². The number of hydrogen-bond donors (Lipinski definition) is 3. The van der Waals surface area contributed by atoms with Crippen LogP contribution < -0.4 is 0 Å². The maximum absolute atomic E-state index is 13.1. The van der Waals surface area contributed by atoms with Crippen LogP contribution in [0.2, 0.25) is 0 Å². The number of aliphatic hydroxyl groups excluding tert-OH is 3. The predicted molar refractivity (Wildman–Crippen MR) is 90.1 cm³/mol. The molecule has 5 aliphatic rings. The fourth-order valence-corrected chi connectivity index (χ4v) is 7.29. The van der Waals surface area contributed by atoms with E-state index in [2.05, 4.69) is 13.5 Å². The van der Waals surface area contributed by atoms with Gasteiger partial charge in [0.25, 0.3) is 0 Å². The summed E-state index contributed by atoms with van der Waals surface area (Å²) >= 11 is 0. The Hall–Kier alpha value is -0.710. The molecule has 5 saturated carbocycles. The number of Topliss-reactive ketones (excluding diaryl/α,β-unsaturated/α-hetero) is 1.